The minimum Gasteiger partial charge on any atom is -0.303 e. The van der Waals surface area contributed by atoms with Gasteiger partial charge in [0.2, 0.25) is 0 Å². The molecule has 0 amide bonds. The van der Waals surface area contributed by atoms with Crippen LogP contribution in [0.1, 0.15) is 113 Å². The highest BCUT2D eigenvalue weighted by Crippen LogP contribution is 2.72. The third-order valence-corrected chi connectivity index (χ3v) is 11.3. The molecule has 0 radical (unpaired) electrons. The van der Waals surface area contributed by atoms with Crippen LogP contribution in [0.2, 0.25) is 0 Å². The minimum absolute atomic E-state index is 0.178. The smallest absolute Gasteiger partial charge is 0.138 e. The van der Waals surface area contributed by atoms with Crippen LogP contribution in [0.3, 0.4) is 0 Å². The fourth-order valence-electron chi connectivity index (χ4n) is 9.14. The maximum atomic E-state index is 12.8. The first-order valence-corrected chi connectivity index (χ1v) is 13.3. The lowest BCUT2D eigenvalue weighted by atomic mass is 9.43. The lowest BCUT2D eigenvalue weighted by molar-refractivity contribution is -0.139. The molecular weight excluding hydrogens is 392 g/mol. The lowest BCUT2D eigenvalue weighted by Gasteiger charge is -2.60. The second-order valence-electron chi connectivity index (χ2n) is 13.2. The van der Waals surface area contributed by atoms with E-state index in [-0.39, 0.29) is 27.6 Å². The van der Waals surface area contributed by atoms with Crippen molar-refractivity contribution in [3.63, 3.8) is 0 Å². The van der Waals surface area contributed by atoms with Crippen LogP contribution >= 0.6 is 0 Å². The molecule has 0 aromatic heterocycles. The zero-order chi connectivity index (χ0) is 23.5. The molecule has 32 heavy (non-hydrogen) atoms. The standard InChI is InChI=1S/C30H46O2/c1-20(2)9-8-10-21(19-31)22-13-17-30(7)24-11-12-25-27(3,4)26(32)15-16-28(25,5)23(24)14-18-29(22,30)6/h9,19,21-22,25H,8,10-18H2,1-7H3/t21-,22?,25?,28-,29-,30+/m1/s1. The summed E-state index contributed by atoms with van der Waals surface area (Å²) in [7, 11) is 0. The number of hydrogen-bond acceptors (Lipinski definition) is 2. The molecule has 0 spiro atoms. The zero-order valence-corrected chi connectivity index (χ0v) is 21.8. The van der Waals surface area contributed by atoms with Gasteiger partial charge in [-0.2, -0.15) is 0 Å². The van der Waals surface area contributed by atoms with Crippen molar-refractivity contribution in [2.45, 2.75) is 113 Å². The van der Waals surface area contributed by atoms with E-state index in [9.17, 15) is 9.59 Å². The fraction of sp³-hybridized carbons (Fsp3) is 0.800. The van der Waals surface area contributed by atoms with Crippen LogP contribution in [0, 0.1) is 39.4 Å². The highest BCUT2D eigenvalue weighted by atomic mass is 16.1. The SMILES string of the molecule is CC(C)=CCC[C@H](C=O)C1CC[C@@]2(C)C3=C(CC[C@]12C)[C@@]1(C)CCC(=O)C(C)(C)C1CC3. The summed E-state index contributed by atoms with van der Waals surface area (Å²) in [5, 5.41) is 0. The van der Waals surface area contributed by atoms with Crippen LogP contribution in [0.5, 0.6) is 0 Å². The molecule has 0 N–H and O–H groups in total. The summed E-state index contributed by atoms with van der Waals surface area (Å²) in [4.78, 5) is 25.0. The van der Waals surface area contributed by atoms with Crippen molar-refractivity contribution >= 4 is 12.1 Å². The van der Waals surface area contributed by atoms with E-state index in [1.54, 1.807) is 11.1 Å². The molecule has 2 unspecified atom stereocenters. The number of aldehydes is 1. The van der Waals surface area contributed by atoms with E-state index in [0.29, 0.717) is 17.6 Å². The Bertz CT molecular complexity index is 856. The highest BCUT2D eigenvalue weighted by molar-refractivity contribution is 5.85. The van der Waals surface area contributed by atoms with Gasteiger partial charge in [0.25, 0.3) is 0 Å². The summed E-state index contributed by atoms with van der Waals surface area (Å²) in [6, 6.07) is 0. The number of carbonyl (C=O) groups is 2. The number of Topliss-reactive ketones (excluding diaryl/α,β-unsaturated/α-hetero) is 1. The molecule has 2 heteroatoms. The van der Waals surface area contributed by atoms with Crippen LogP contribution < -0.4 is 0 Å². The molecule has 0 heterocycles. The first kappa shape index (κ1) is 24.0. The number of ketones is 1. The maximum Gasteiger partial charge on any atom is 0.138 e. The van der Waals surface area contributed by atoms with Crippen molar-refractivity contribution in [1.82, 2.24) is 0 Å². The molecule has 4 aliphatic carbocycles. The number of carbonyl (C=O) groups excluding carboxylic acids is 2. The van der Waals surface area contributed by atoms with Crippen molar-refractivity contribution in [3.05, 3.63) is 22.8 Å². The van der Waals surface area contributed by atoms with Gasteiger partial charge in [-0.05, 0) is 99.7 Å². The molecule has 178 valence electrons. The van der Waals surface area contributed by atoms with E-state index >= 15 is 0 Å². The first-order valence-electron chi connectivity index (χ1n) is 13.3. The molecule has 4 aliphatic rings. The zero-order valence-electron chi connectivity index (χ0n) is 21.8. The predicted molar refractivity (Wildman–Crippen MR) is 132 cm³/mol. The van der Waals surface area contributed by atoms with Gasteiger partial charge in [0.15, 0.2) is 0 Å². The highest BCUT2D eigenvalue weighted by Gasteiger charge is 2.63. The van der Waals surface area contributed by atoms with Crippen molar-refractivity contribution < 1.29 is 9.59 Å². The van der Waals surface area contributed by atoms with E-state index in [0.717, 1.165) is 38.5 Å². The topological polar surface area (TPSA) is 34.1 Å². The molecule has 0 aliphatic heterocycles. The van der Waals surface area contributed by atoms with Gasteiger partial charge in [0, 0.05) is 17.8 Å². The lowest BCUT2D eigenvalue weighted by Crippen LogP contribution is -2.54. The number of rotatable bonds is 5. The first-order chi connectivity index (χ1) is 14.9. The summed E-state index contributed by atoms with van der Waals surface area (Å²) in [5.74, 6) is 1.63. The Morgan fingerprint density at radius 3 is 2.34 bits per heavy atom. The van der Waals surface area contributed by atoms with Crippen molar-refractivity contribution in [2.75, 3.05) is 0 Å². The van der Waals surface area contributed by atoms with Gasteiger partial charge < -0.3 is 4.79 Å². The van der Waals surface area contributed by atoms with Gasteiger partial charge >= 0.3 is 0 Å². The quantitative estimate of drug-likeness (QED) is 0.323. The van der Waals surface area contributed by atoms with E-state index in [2.05, 4.69) is 54.5 Å². The average molecular weight is 439 g/mol. The third kappa shape index (κ3) is 3.25. The molecule has 2 nitrogen and oxygen atoms in total. The maximum absolute atomic E-state index is 12.8. The van der Waals surface area contributed by atoms with E-state index in [4.69, 9.17) is 0 Å². The molecule has 2 saturated carbocycles. The van der Waals surface area contributed by atoms with Gasteiger partial charge in [0.05, 0.1) is 0 Å². The Morgan fingerprint density at radius 1 is 0.969 bits per heavy atom. The summed E-state index contributed by atoms with van der Waals surface area (Å²) < 4.78 is 0. The molecule has 0 saturated heterocycles. The van der Waals surface area contributed by atoms with Crippen LogP contribution in [-0.4, -0.2) is 12.1 Å². The monoisotopic (exact) mass is 438 g/mol. The minimum atomic E-state index is -0.195. The Kier molecular flexibility index (Phi) is 5.95. The predicted octanol–water partition coefficient (Wildman–Crippen LogP) is 7.87. The molecule has 0 aromatic rings. The molecule has 0 aromatic carbocycles. The van der Waals surface area contributed by atoms with Crippen molar-refractivity contribution in [2.24, 2.45) is 39.4 Å². The van der Waals surface area contributed by atoms with Gasteiger partial charge in [-0.1, -0.05) is 57.4 Å². The van der Waals surface area contributed by atoms with Crippen molar-refractivity contribution in [3.8, 4) is 0 Å². The Balaban J connectivity index is 1.68. The van der Waals surface area contributed by atoms with E-state index < -0.39 is 0 Å². The summed E-state index contributed by atoms with van der Waals surface area (Å²) in [6.45, 7) is 16.3. The number of allylic oxidation sites excluding steroid dienone is 4. The Morgan fingerprint density at radius 2 is 1.69 bits per heavy atom. The van der Waals surface area contributed by atoms with Crippen LogP contribution in [0.25, 0.3) is 0 Å². The molecule has 6 atom stereocenters. The molecule has 4 rings (SSSR count). The summed E-state index contributed by atoms with van der Waals surface area (Å²) in [5.41, 5.74) is 5.23. The fourth-order valence-corrected chi connectivity index (χ4v) is 9.14. The summed E-state index contributed by atoms with van der Waals surface area (Å²) >= 11 is 0. The van der Waals surface area contributed by atoms with Gasteiger partial charge in [-0.25, -0.2) is 0 Å². The Hall–Kier alpha value is -1.18. The van der Waals surface area contributed by atoms with Gasteiger partial charge in [-0.3, -0.25) is 4.79 Å². The van der Waals surface area contributed by atoms with Crippen LogP contribution in [0.4, 0.5) is 0 Å². The number of fused-ring (bicyclic) bond motifs is 4. The van der Waals surface area contributed by atoms with Crippen LogP contribution in [-0.2, 0) is 9.59 Å². The van der Waals surface area contributed by atoms with E-state index in [1.807, 2.05) is 0 Å². The largest absolute Gasteiger partial charge is 0.303 e. The second kappa shape index (κ2) is 7.95. The van der Waals surface area contributed by atoms with Crippen molar-refractivity contribution in [1.29, 1.82) is 0 Å². The van der Waals surface area contributed by atoms with Gasteiger partial charge in [0.1, 0.15) is 12.1 Å². The Labute approximate surface area is 196 Å². The van der Waals surface area contributed by atoms with E-state index in [1.165, 1.54) is 37.5 Å². The summed E-state index contributed by atoms with van der Waals surface area (Å²) in [6.07, 6.45) is 14.5. The van der Waals surface area contributed by atoms with Gasteiger partial charge in [-0.15, -0.1) is 0 Å². The second-order valence-corrected chi connectivity index (χ2v) is 13.2. The van der Waals surface area contributed by atoms with Crippen LogP contribution in [0.15, 0.2) is 22.8 Å². The molecule has 2 fully saturated rings. The number of hydrogen-bond donors (Lipinski definition) is 0. The molecular formula is C30H46O2. The normalized spacial score (nSPS) is 41.4. The average Bonchev–Trinajstić information content (AvgIpc) is 3.00. The molecule has 0 bridgehead atoms. The third-order valence-electron chi connectivity index (χ3n) is 11.3.